The zero-order valence-corrected chi connectivity index (χ0v) is 13.1. The minimum Gasteiger partial charge on any atom is -0.491 e. The average molecular weight is 349 g/mol. The van der Waals surface area contributed by atoms with E-state index in [0.29, 0.717) is 6.54 Å². The standard InChI is InChI=1S/C16H17BrN2O2/c17-13-7-5-12(6-8-13)11-19-14-3-1-2-4-15(14)21-10-9-16(18)20/h1-8,19H,9-11H2,(H2,18,20). The summed E-state index contributed by atoms with van der Waals surface area (Å²) in [5.41, 5.74) is 7.17. The zero-order chi connectivity index (χ0) is 15.1. The van der Waals surface area contributed by atoms with E-state index < -0.39 is 0 Å². The van der Waals surface area contributed by atoms with Gasteiger partial charge in [0.25, 0.3) is 0 Å². The number of hydrogen-bond acceptors (Lipinski definition) is 3. The van der Waals surface area contributed by atoms with Crippen molar-refractivity contribution in [2.24, 2.45) is 5.73 Å². The van der Waals surface area contributed by atoms with Gasteiger partial charge in [-0.15, -0.1) is 0 Å². The fourth-order valence-electron chi connectivity index (χ4n) is 1.80. The predicted molar refractivity (Wildman–Crippen MR) is 87.2 cm³/mol. The van der Waals surface area contributed by atoms with Crippen molar-refractivity contribution in [2.75, 3.05) is 11.9 Å². The monoisotopic (exact) mass is 348 g/mol. The SMILES string of the molecule is NC(=O)CCOc1ccccc1NCc1ccc(Br)cc1. The van der Waals surface area contributed by atoms with E-state index in [9.17, 15) is 4.79 Å². The second-order valence-electron chi connectivity index (χ2n) is 4.54. The number of amides is 1. The number of rotatable bonds is 7. The molecule has 0 unspecified atom stereocenters. The Morgan fingerprint density at radius 2 is 1.86 bits per heavy atom. The summed E-state index contributed by atoms with van der Waals surface area (Å²) in [6.07, 6.45) is 0.209. The topological polar surface area (TPSA) is 64.4 Å². The Morgan fingerprint density at radius 1 is 1.14 bits per heavy atom. The van der Waals surface area contributed by atoms with E-state index in [4.69, 9.17) is 10.5 Å². The number of primary amides is 1. The first-order valence-corrected chi connectivity index (χ1v) is 7.43. The molecule has 0 aliphatic carbocycles. The van der Waals surface area contributed by atoms with Crippen molar-refractivity contribution in [3.05, 3.63) is 58.6 Å². The molecule has 4 nitrogen and oxygen atoms in total. The summed E-state index contributed by atoms with van der Waals surface area (Å²) >= 11 is 3.42. The van der Waals surface area contributed by atoms with Crippen molar-refractivity contribution in [3.63, 3.8) is 0 Å². The van der Waals surface area contributed by atoms with Crippen molar-refractivity contribution in [2.45, 2.75) is 13.0 Å². The molecular formula is C16H17BrN2O2. The molecule has 0 bridgehead atoms. The molecular weight excluding hydrogens is 332 g/mol. The Hall–Kier alpha value is -2.01. The summed E-state index contributed by atoms with van der Waals surface area (Å²) in [4.78, 5) is 10.7. The highest BCUT2D eigenvalue weighted by molar-refractivity contribution is 9.10. The zero-order valence-electron chi connectivity index (χ0n) is 11.5. The van der Waals surface area contributed by atoms with E-state index in [2.05, 4.69) is 21.2 Å². The van der Waals surface area contributed by atoms with Gasteiger partial charge in [0.2, 0.25) is 5.91 Å². The number of benzene rings is 2. The minimum atomic E-state index is -0.365. The second-order valence-corrected chi connectivity index (χ2v) is 5.46. The number of anilines is 1. The average Bonchev–Trinajstić information content (AvgIpc) is 2.47. The third kappa shape index (κ3) is 5.11. The second kappa shape index (κ2) is 7.69. The lowest BCUT2D eigenvalue weighted by molar-refractivity contribution is -0.118. The molecule has 2 aromatic carbocycles. The molecule has 2 rings (SSSR count). The first kappa shape index (κ1) is 15.4. The molecule has 0 atom stereocenters. The highest BCUT2D eigenvalue weighted by Crippen LogP contribution is 2.24. The first-order valence-electron chi connectivity index (χ1n) is 6.63. The fraction of sp³-hybridized carbons (Fsp3) is 0.188. The Bertz CT molecular complexity index is 599. The number of nitrogens with two attached hydrogens (primary N) is 1. The summed E-state index contributed by atoms with van der Waals surface area (Å²) < 4.78 is 6.64. The van der Waals surface area contributed by atoms with E-state index in [-0.39, 0.29) is 18.9 Å². The smallest absolute Gasteiger partial charge is 0.220 e. The van der Waals surface area contributed by atoms with Crippen LogP contribution < -0.4 is 15.8 Å². The molecule has 0 aliphatic heterocycles. The molecule has 110 valence electrons. The maximum absolute atomic E-state index is 10.7. The van der Waals surface area contributed by atoms with E-state index in [1.54, 1.807) is 0 Å². The summed E-state index contributed by atoms with van der Waals surface area (Å²) in [6.45, 7) is 0.982. The van der Waals surface area contributed by atoms with Crippen LogP contribution in [0.1, 0.15) is 12.0 Å². The predicted octanol–water partition coefficient (Wildman–Crippen LogP) is 3.32. The Morgan fingerprint density at radius 3 is 2.57 bits per heavy atom. The molecule has 0 heterocycles. The van der Waals surface area contributed by atoms with Crippen LogP contribution in [0, 0.1) is 0 Å². The molecule has 0 spiro atoms. The van der Waals surface area contributed by atoms with Gasteiger partial charge in [0, 0.05) is 11.0 Å². The van der Waals surface area contributed by atoms with E-state index >= 15 is 0 Å². The van der Waals surface area contributed by atoms with Crippen LogP contribution in [-0.4, -0.2) is 12.5 Å². The number of carbonyl (C=O) groups excluding carboxylic acids is 1. The Kier molecular flexibility index (Phi) is 5.63. The minimum absolute atomic E-state index is 0.209. The summed E-state index contributed by atoms with van der Waals surface area (Å²) in [6, 6.07) is 15.7. The van der Waals surface area contributed by atoms with Crippen LogP contribution in [0.5, 0.6) is 5.75 Å². The molecule has 0 saturated heterocycles. The molecule has 0 aromatic heterocycles. The number of carbonyl (C=O) groups is 1. The largest absolute Gasteiger partial charge is 0.491 e. The summed E-state index contributed by atoms with van der Waals surface area (Å²) in [7, 11) is 0. The van der Waals surface area contributed by atoms with Crippen molar-refractivity contribution in [3.8, 4) is 5.75 Å². The van der Waals surface area contributed by atoms with Gasteiger partial charge >= 0.3 is 0 Å². The highest BCUT2D eigenvalue weighted by Gasteiger charge is 2.03. The maximum atomic E-state index is 10.7. The molecule has 0 aliphatic rings. The highest BCUT2D eigenvalue weighted by atomic mass is 79.9. The third-order valence-electron chi connectivity index (χ3n) is 2.89. The van der Waals surface area contributed by atoms with E-state index in [0.717, 1.165) is 15.9 Å². The van der Waals surface area contributed by atoms with Crippen molar-refractivity contribution < 1.29 is 9.53 Å². The van der Waals surface area contributed by atoms with Crippen LogP contribution >= 0.6 is 15.9 Å². The van der Waals surface area contributed by atoms with Gasteiger partial charge in [-0.3, -0.25) is 4.79 Å². The van der Waals surface area contributed by atoms with Crippen molar-refractivity contribution in [1.82, 2.24) is 0 Å². The van der Waals surface area contributed by atoms with Crippen LogP contribution in [-0.2, 0) is 11.3 Å². The van der Waals surface area contributed by atoms with Gasteiger partial charge in [-0.2, -0.15) is 0 Å². The van der Waals surface area contributed by atoms with E-state index in [1.165, 1.54) is 5.56 Å². The number of ether oxygens (including phenoxy) is 1. The normalized spacial score (nSPS) is 10.1. The summed E-state index contributed by atoms with van der Waals surface area (Å²) in [5, 5.41) is 3.33. The number of nitrogens with one attached hydrogen (secondary N) is 1. The summed E-state index contributed by atoms with van der Waals surface area (Å²) in [5.74, 6) is 0.353. The lowest BCUT2D eigenvalue weighted by Crippen LogP contribution is -2.15. The van der Waals surface area contributed by atoms with E-state index in [1.807, 2.05) is 48.5 Å². The molecule has 1 amide bonds. The van der Waals surface area contributed by atoms with Crippen molar-refractivity contribution >= 4 is 27.5 Å². The van der Waals surface area contributed by atoms with Gasteiger partial charge in [-0.1, -0.05) is 40.2 Å². The van der Waals surface area contributed by atoms with Gasteiger partial charge in [0.05, 0.1) is 18.7 Å². The van der Waals surface area contributed by atoms with Crippen LogP contribution in [0.3, 0.4) is 0 Å². The maximum Gasteiger partial charge on any atom is 0.220 e. The molecule has 5 heteroatoms. The third-order valence-corrected chi connectivity index (χ3v) is 3.42. The quantitative estimate of drug-likeness (QED) is 0.806. The first-order chi connectivity index (χ1) is 10.1. The van der Waals surface area contributed by atoms with Gasteiger partial charge in [0.15, 0.2) is 0 Å². The molecule has 3 N–H and O–H groups in total. The van der Waals surface area contributed by atoms with Gasteiger partial charge in [-0.05, 0) is 29.8 Å². The molecule has 21 heavy (non-hydrogen) atoms. The van der Waals surface area contributed by atoms with Crippen molar-refractivity contribution in [1.29, 1.82) is 0 Å². The van der Waals surface area contributed by atoms with Gasteiger partial charge in [-0.25, -0.2) is 0 Å². The van der Waals surface area contributed by atoms with Gasteiger partial charge < -0.3 is 15.8 Å². The van der Waals surface area contributed by atoms with Gasteiger partial charge in [0.1, 0.15) is 5.75 Å². The number of para-hydroxylation sites is 2. The molecule has 0 saturated carbocycles. The molecule has 0 fully saturated rings. The van der Waals surface area contributed by atoms with Crippen LogP contribution in [0.15, 0.2) is 53.0 Å². The molecule has 0 radical (unpaired) electrons. The fourth-order valence-corrected chi connectivity index (χ4v) is 2.06. The van der Waals surface area contributed by atoms with Crippen LogP contribution in [0.25, 0.3) is 0 Å². The van der Waals surface area contributed by atoms with Crippen LogP contribution in [0.4, 0.5) is 5.69 Å². The van der Waals surface area contributed by atoms with Crippen LogP contribution in [0.2, 0.25) is 0 Å². The number of hydrogen-bond donors (Lipinski definition) is 2. The Labute approximate surface area is 132 Å². The lowest BCUT2D eigenvalue weighted by atomic mass is 10.2. The molecule has 2 aromatic rings. The Balaban J connectivity index is 1.96. The lowest BCUT2D eigenvalue weighted by Gasteiger charge is -2.13. The number of halogens is 1.